The van der Waals surface area contributed by atoms with E-state index in [2.05, 4.69) is 0 Å². The SMILES string of the molecule is CC1CCCCN1c1ccc(C(F)(F)F)cc1NC(=O)C(F)(F)F. The molecule has 0 saturated carbocycles. The van der Waals surface area contributed by atoms with Crippen LogP contribution in [0.4, 0.5) is 37.7 Å². The van der Waals surface area contributed by atoms with Gasteiger partial charge in [-0.05, 0) is 44.4 Å². The molecule has 134 valence electrons. The number of piperidine rings is 1. The lowest BCUT2D eigenvalue weighted by atomic mass is 10.0. The van der Waals surface area contributed by atoms with Crippen molar-refractivity contribution in [3.05, 3.63) is 23.8 Å². The summed E-state index contributed by atoms with van der Waals surface area (Å²) < 4.78 is 75.9. The Labute approximate surface area is 134 Å². The summed E-state index contributed by atoms with van der Waals surface area (Å²) in [5.41, 5.74) is -1.44. The highest BCUT2D eigenvalue weighted by Crippen LogP contribution is 2.38. The van der Waals surface area contributed by atoms with Crippen LogP contribution < -0.4 is 10.2 Å². The number of anilines is 2. The summed E-state index contributed by atoms with van der Waals surface area (Å²) in [5.74, 6) is -2.30. The molecule has 2 rings (SSSR count). The summed E-state index contributed by atoms with van der Waals surface area (Å²) in [7, 11) is 0. The minimum absolute atomic E-state index is 0.0444. The Hall–Kier alpha value is -1.93. The number of alkyl halides is 6. The van der Waals surface area contributed by atoms with Crippen molar-refractivity contribution in [2.45, 2.75) is 44.6 Å². The molecule has 0 bridgehead atoms. The van der Waals surface area contributed by atoms with E-state index in [1.165, 1.54) is 0 Å². The fraction of sp³-hybridized carbons (Fsp3) is 0.533. The Bertz CT molecular complexity index is 611. The number of halogens is 6. The molecule has 1 atom stereocenters. The van der Waals surface area contributed by atoms with Crippen molar-refractivity contribution in [3.8, 4) is 0 Å². The Morgan fingerprint density at radius 1 is 1.17 bits per heavy atom. The average molecular weight is 354 g/mol. The Morgan fingerprint density at radius 3 is 2.38 bits per heavy atom. The largest absolute Gasteiger partial charge is 0.471 e. The molecule has 0 radical (unpaired) electrons. The number of benzene rings is 1. The fourth-order valence-electron chi connectivity index (χ4n) is 2.71. The third kappa shape index (κ3) is 4.12. The van der Waals surface area contributed by atoms with Crippen molar-refractivity contribution < 1.29 is 31.1 Å². The van der Waals surface area contributed by atoms with Crippen LogP contribution in [0, 0.1) is 0 Å². The lowest BCUT2D eigenvalue weighted by Gasteiger charge is -2.36. The van der Waals surface area contributed by atoms with Crippen LogP contribution in [0.15, 0.2) is 18.2 Å². The maximum absolute atomic E-state index is 12.8. The second-order valence-corrected chi connectivity index (χ2v) is 5.72. The summed E-state index contributed by atoms with van der Waals surface area (Å²) in [6.45, 7) is 2.34. The number of rotatable bonds is 2. The van der Waals surface area contributed by atoms with Crippen LogP contribution in [0.2, 0.25) is 0 Å². The van der Waals surface area contributed by atoms with E-state index in [-0.39, 0.29) is 11.7 Å². The Balaban J connectivity index is 2.43. The predicted octanol–water partition coefficient (Wildman–Crippen LogP) is 4.59. The van der Waals surface area contributed by atoms with Gasteiger partial charge in [0.1, 0.15) is 0 Å². The van der Waals surface area contributed by atoms with Crippen LogP contribution in [-0.4, -0.2) is 24.7 Å². The molecule has 1 aromatic rings. The molecule has 3 nitrogen and oxygen atoms in total. The Kier molecular flexibility index (Phi) is 5.00. The van der Waals surface area contributed by atoms with Gasteiger partial charge in [0.25, 0.3) is 0 Å². The first kappa shape index (κ1) is 18.4. The number of amides is 1. The molecule has 1 fully saturated rings. The van der Waals surface area contributed by atoms with Crippen molar-refractivity contribution in [1.29, 1.82) is 0 Å². The molecule has 1 N–H and O–H groups in total. The highest BCUT2D eigenvalue weighted by atomic mass is 19.4. The molecule has 0 aromatic heterocycles. The third-order valence-corrected chi connectivity index (χ3v) is 3.94. The van der Waals surface area contributed by atoms with Gasteiger partial charge in [-0.15, -0.1) is 0 Å². The van der Waals surface area contributed by atoms with Crippen LogP contribution >= 0.6 is 0 Å². The molecular weight excluding hydrogens is 338 g/mol. The highest BCUT2D eigenvalue weighted by molar-refractivity contribution is 5.98. The normalized spacial score (nSPS) is 19.3. The first-order valence-electron chi connectivity index (χ1n) is 7.36. The number of hydrogen-bond acceptors (Lipinski definition) is 2. The molecule has 1 heterocycles. The van der Waals surface area contributed by atoms with Gasteiger partial charge in [0.2, 0.25) is 0 Å². The second-order valence-electron chi connectivity index (χ2n) is 5.72. The number of hydrogen-bond donors (Lipinski definition) is 1. The average Bonchev–Trinajstić information content (AvgIpc) is 2.46. The first-order chi connectivity index (χ1) is 11.0. The van der Waals surface area contributed by atoms with E-state index in [1.54, 1.807) is 10.2 Å². The highest BCUT2D eigenvalue weighted by Gasteiger charge is 2.40. The van der Waals surface area contributed by atoms with Crippen LogP contribution in [0.5, 0.6) is 0 Å². The monoisotopic (exact) mass is 354 g/mol. The van der Waals surface area contributed by atoms with Gasteiger partial charge in [-0.1, -0.05) is 0 Å². The number of nitrogens with one attached hydrogen (secondary N) is 1. The van der Waals surface area contributed by atoms with Crippen LogP contribution in [0.1, 0.15) is 31.7 Å². The predicted molar refractivity (Wildman–Crippen MR) is 76.8 cm³/mol. The minimum atomic E-state index is -5.18. The van der Waals surface area contributed by atoms with E-state index >= 15 is 0 Å². The number of carbonyl (C=O) groups excluding carboxylic acids is 1. The molecule has 9 heteroatoms. The molecule has 1 aliphatic heterocycles. The van der Waals surface area contributed by atoms with Gasteiger partial charge in [-0.25, -0.2) is 0 Å². The maximum Gasteiger partial charge on any atom is 0.471 e. The van der Waals surface area contributed by atoms with E-state index < -0.39 is 29.5 Å². The second kappa shape index (κ2) is 6.52. The molecule has 0 spiro atoms. The summed E-state index contributed by atoms with van der Waals surface area (Å²) in [5, 5.41) is 1.58. The van der Waals surface area contributed by atoms with Gasteiger partial charge in [0, 0.05) is 12.6 Å². The Morgan fingerprint density at radius 2 is 1.83 bits per heavy atom. The maximum atomic E-state index is 12.8. The smallest absolute Gasteiger partial charge is 0.367 e. The van der Waals surface area contributed by atoms with Crippen LogP contribution in [0.3, 0.4) is 0 Å². The van der Waals surface area contributed by atoms with Gasteiger partial charge >= 0.3 is 18.3 Å². The van der Waals surface area contributed by atoms with Gasteiger partial charge in [0.15, 0.2) is 0 Å². The number of carbonyl (C=O) groups is 1. The zero-order valence-corrected chi connectivity index (χ0v) is 12.8. The van der Waals surface area contributed by atoms with Gasteiger partial charge in [0.05, 0.1) is 16.9 Å². The van der Waals surface area contributed by atoms with E-state index in [0.29, 0.717) is 12.6 Å². The molecule has 1 saturated heterocycles. The summed E-state index contributed by atoms with van der Waals surface area (Å²) in [6, 6.07) is 2.41. The summed E-state index contributed by atoms with van der Waals surface area (Å²) >= 11 is 0. The molecule has 1 aliphatic rings. The zero-order valence-electron chi connectivity index (χ0n) is 12.8. The standard InChI is InChI=1S/C15H16F6N2O/c1-9-4-2-3-7-23(9)12-6-5-10(14(16,17)18)8-11(12)22-13(24)15(19,20)21/h5-6,8-9H,2-4,7H2,1H3,(H,22,24). The molecule has 1 aromatic carbocycles. The van der Waals surface area contributed by atoms with E-state index in [9.17, 15) is 31.1 Å². The molecule has 24 heavy (non-hydrogen) atoms. The van der Waals surface area contributed by atoms with Gasteiger partial charge < -0.3 is 10.2 Å². The van der Waals surface area contributed by atoms with E-state index in [4.69, 9.17) is 0 Å². The van der Waals surface area contributed by atoms with Crippen molar-refractivity contribution in [1.82, 2.24) is 0 Å². The lowest BCUT2D eigenvalue weighted by Crippen LogP contribution is -2.38. The lowest BCUT2D eigenvalue weighted by molar-refractivity contribution is -0.167. The third-order valence-electron chi connectivity index (χ3n) is 3.94. The van der Waals surface area contributed by atoms with Crippen molar-refractivity contribution in [3.63, 3.8) is 0 Å². The zero-order chi connectivity index (χ0) is 18.1. The molecule has 1 unspecified atom stereocenters. The van der Waals surface area contributed by atoms with Crippen molar-refractivity contribution >= 4 is 17.3 Å². The molecular formula is C15H16F6N2O. The molecule has 1 amide bonds. The fourth-order valence-corrected chi connectivity index (χ4v) is 2.71. The summed E-state index contributed by atoms with van der Waals surface area (Å²) in [6.07, 6.45) is -7.42. The quantitative estimate of drug-likeness (QED) is 0.788. The van der Waals surface area contributed by atoms with Crippen LogP contribution in [0.25, 0.3) is 0 Å². The molecule has 0 aliphatic carbocycles. The van der Waals surface area contributed by atoms with Crippen LogP contribution in [-0.2, 0) is 11.0 Å². The van der Waals surface area contributed by atoms with Gasteiger partial charge in [-0.2, -0.15) is 26.3 Å². The summed E-state index contributed by atoms with van der Waals surface area (Å²) in [4.78, 5) is 12.9. The first-order valence-corrected chi connectivity index (χ1v) is 7.36. The minimum Gasteiger partial charge on any atom is -0.367 e. The number of nitrogens with zero attached hydrogens (tertiary/aromatic N) is 1. The van der Waals surface area contributed by atoms with E-state index in [0.717, 1.165) is 31.4 Å². The van der Waals surface area contributed by atoms with E-state index in [1.807, 2.05) is 6.92 Å². The van der Waals surface area contributed by atoms with Crippen molar-refractivity contribution in [2.75, 3.05) is 16.8 Å². The topological polar surface area (TPSA) is 32.3 Å². The van der Waals surface area contributed by atoms with Crippen molar-refractivity contribution in [2.24, 2.45) is 0 Å². The van der Waals surface area contributed by atoms with Gasteiger partial charge in [-0.3, -0.25) is 4.79 Å².